The van der Waals surface area contributed by atoms with Gasteiger partial charge >= 0.3 is 0 Å². The quantitative estimate of drug-likeness (QED) is 0.770. The summed E-state index contributed by atoms with van der Waals surface area (Å²) in [7, 11) is 0. The fourth-order valence-corrected chi connectivity index (χ4v) is 2.80. The van der Waals surface area contributed by atoms with Crippen LogP contribution in [0, 0.1) is 12.8 Å². The van der Waals surface area contributed by atoms with E-state index in [4.69, 9.17) is 5.73 Å². The summed E-state index contributed by atoms with van der Waals surface area (Å²) >= 11 is 1.48. The van der Waals surface area contributed by atoms with Crippen LogP contribution in [0.5, 0.6) is 0 Å². The van der Waals surface area contributed by atoms with Crippen molar-refractivity contribution in [3.05, 3.63) is 34.3 Å². The van der Waals surface area contributed by atoms with Crippen LogP contribution in [0.2, 0.25) is 0 Å². The Labute approximate surface area is 152 Å². The zero-order chi connectivity index (χ0) is 15.2. The van der Waals surface area contributed by atoms with E-state index < -0.39 is 0 Å². The molecule has 23 heavy (non-hydrogen) atoms. The molecule has 6 nitrogen and oxygen atoms in total. The van der Waals surface area contributed by atoms with E-state index in [-0.39, 0.29) is 30.7 Å². The first-order chi connectivity index (χ1) is 10.1. The molecule has 2 aromatic rings. The molecule has 0 bridgehead atoms. The monoisotopic (exact) mass is 379 g/mol. The maximum atomic E-state index is 12.0. The second-order valence-electron chi connectivity index (χ2n) is 5.11. The molecule has 1 atom stereocenters. The van der Waals surface area contributed by atoms with Crippen LogP contribution in [0.25, 0.3) is 0 Å². The number of aryl methyl sites for hydroxylation is 1. The largest absolute Gasteiger partial charge is 0.350 e. The SMILES string of the molecule is Cc1nccn1CC(C)CNC(=O)c1csc(CCN)n1.Cl.Cl. The summed E-state index contributed by atoms with van der Waals surface area (Å²) in [5.41, 5.74) is 5.96. The Kier molecular flexibility index (Phi) is 10.1. The average molecular weight is 380 g/mol. The molecule has 9 heteroatoms. The summed E-state index contributed by atoms with van der Waals surface area (Å²) in [4.78, 5) is 20.5. The molecule has 0 radical (unpaired) electrons. The van der Waals surface area contributed by atoms with Gasteiger partial charge in [-0.15, -0.1) is 36.2 Å². The molecule has 0 fully saturated rings. The van der Waals surface area contributed by atoms with Gasteiger partial charge in [0.15, 0.2) is 0 Å². The first kappa shape index (κ1) is 21.9. The number of nitrogens with zero attached hydrogens (tertiary/aromatic N) is 3. The average Bonchev–Trinajstić information content (AvgIpc) is 3.07. The van der Waals surface area contributed by atoms with Gasteiger partial charge in [-0.05, 0) is 19.4 Å². The fourth-order valence-electron chi connectivity index (χ4n) is 2.01. The Hall–Kier alpha value is -1.15. The van der Waals surface area contributed by atoms with E-state index >= 15 is 0 Å². The standard InChI is InChI=1S/C14H21N5OS.2ClH/c1-10(8-19-6-5-16-11(19)2)7-17-14(20)12-9-21-13(18-12)3-4-15;;/h5-6,9-10H,3-4,7-8,15H2,1-2H3,(H,17,20);2*1H. The Morgan fingerprint density at radius 3 is 2.83 bits per heavy atom. The van der Waals surface area contributed by atoms with Crippen molar-refractivity contribution in [1.82, 2.24) is 19.9 Å². The first-order valence-corrected chi connectivity index (χ1v) is 7.88. The van der Waals surface area contributed by atoms with Crippen molar-refractivity contribution in [3.8, 4) is 0 Å². The lowest BCUT2D eigenvalue weighted by Gasteiger charge is -2.13. The summed E-state index contributed by atoms with van der Waals surface area (Å²) in [6.07, 6.45) is 4.45. The fraction of sp³-hybridized carbons (Fsp3) is 0.500. The lowest BCUT2D eigenvalue weighted by molar-refractivity contribution is 0.0942. The summed E-state index contributed by atoms with van der Waals surface area (Å²) in [6, 6.07) is 0. The van der Waals surface area contributed by atoms with E-state index in [2.05, 4.69) is 26.8 Å². The number of imidazole rings is 1. The molecule has 0 aromatic carbocycles. The van der Waals surface area contributed by atoms with E-state index in [1.165, 1.54) is 11.3 Å². The van der Waals surface area contributed by atoms with Gasteiger partial charge in [-0.1, -0.05) is 6.92 Å². The second-order valence-corrected chi connectivity index (χ2v) is 6.05. The number of nitrogens with one attached hydrogen (secondary N) is 1. The van der Waals surface area contributed by atoms with Crippen molar-refractivity contribution in [3.63, 3.8) is 0 Å². The minimum Gasteiger partial charge on any atom is -0.350 e. The topological polar surface area (TPSA) is 85.8 Å². The zero-order valence-corrected chi connectivity index (χ0v) is 15.6. The van der Waals surface area contributed by atoms with Crippen molar-refractivity contribution < 1.29 is 4.79 Å². The molecule has 0 spiro atoms. The van der Waals surface area contributed by atoms with Crippen molar-refractivity contribution in [2.24, 2.45) is 11.7 Å². The van der Waals surface area contributed by atoms with Gasteiger partial charge in [0, 0.05) is 37.3 Å². The van der Waals surface area contributed by atoms with Crippen molar-refractivity contribution in [2.75, 3.05) is 13.1 Å². The lowest BCUT2D eigenvalue weighted by atomic mass is 10.2. The highest BCUT2D eigenvalue weighted by Gasteiger charge is 2.12. The third-order valence-electron chi connectivity index (χ3n) is 3.19. The number of rotatable bonds is 7. The number of aromatic nitrogens is 3. The van der Waals surface area contributed by atoms with Crippen LogP contribution >= 0.6 is 36.2 Å². The predicted octanol–water partition coefficient (Wildman–Crippen LogP) is 2.06. The van der Waals surface area contributed by atoms with E-state index in [1.54, 1.807) is 11.6 Å². The van der Waals surface area contributed by atoms with Crippen LogP contribution in [0.15, 0.2) is 17.8 Å². The number of hydrogen-bond acceptors (Lipinski definition) is 5. The Bertz CT molecular complexity index is 602. The Balaban J connectivity index is 0.00000242. The van der Waals surface area contributed by atoms with Gasteiger partial charge in [0.2, 0.25) is 0 Å². The predicted molar refractivity (Wildman–Crippen MR) is 97.8 cm³/mol. The third-order valence-corrected chi connectivity index (χ3v) is 4.09. The minimum absolute atomic E-state index is 0. The summed E-state index contributed by atoms with van der Waals surface area (Å²) in [5, 5.41) is 5.62. The summed E-state index contributed by atoms with van der Waals surface area (Å²) in [5.74, 6) is 1.19. The van der Waals surface area contributed by atoms with Crippen molar-refractivity contribution in [1.29, 1.82) is 0 Å². The molecule has 0 saturated carbocycles. The van der Waals surface area contributed by atoms with Gasteiger partial charge in [0.25, 0.3) is 5.91 Å². The molecule has 1 unspecified atom stereocenters. The molecule has 0 aliphatic heterocycles. The first-order valence-electron chi connectivity index (χ1n) is 7.00. The van der Waals surface area contributed by atoms with Crippen LogP contribution < -0.4 is 11.1 Å². The van der Waals surface area contributed by atoms with E-state index in [1.807, 2.05) is 13.1 Å². The van der Waals surface area contributed by atoms with E-state index in [9.17, 15) is 4.79 Å². The van der Waals surface area contributed by atoms with Crippen LogP contribution in [-0.4, -0.2) is 33.5 Å². The van der Waals surface area contributed by atoms with Crippen molar-refractivity contribution >= 4 is 42.1 Å². The summed E-state index contributed by atoms with van der Waals surface area (Å²) in [6.45, 7) is 6.07. The highest BCUT2D eigenvalue weighted by Crippen LogP contribution is 2.10. The highest BCUT2D eigenvalue weighted by atomic mass is 35.5. The molecule has 3 N–H and O–H groups in total. The van der Waals surface area contributed by atoms with Gasteiger partial charge in [-0.2, -0.15) is 0 Å². The molecule has 0 saturated heterocycles. The van der Waals surface area contributed by atoms with Gasteiger partial charge in [0.05, 0.1) is 5.01 Å². The molecule has 0 aliphatic carbocycles. The molecule has 2 heterocycles. The van der Waals surface area contributed by atoms with Crippen LogP contribution in [0.3, 0.4) is 0 Å². The maximum absolute atomic E-state index is 12.0. The number of hydrogen-bond donors (Lipinski definition) is 2. The van der Waals surface area contributed by atoms with Gasteiger partial charge < -0.3 is 15.6 Å². The van der Waals surface area contributed by atoms with Crippen LogP contribution in [0.1, 0.15) is 28.2 Å². The number of amides is 1. The molecule has 2 aromatic heterocycles. The molecule has 1 amide bonds. The number of carbonyl (C=O) groups excluding carboxylic acids is 1. The van der Waals surface area contributed by atoms with Crippen LogP contribution in [0.4, 0.5) is 0 Å². The Morgan fingerprint density at radius 2 is 2.22 bits per heavy atom. The molecule has 130 valence electrons. The van der Waals surface area contributed by atoms with Gasteiger partial charge in [0.1, 0.15) is 11.5 Å². The maximum Gasteiger partial charge on any atom is 0.270 e. The highest BCUT2D eigenvalue weighted by molar-refractivity contribution is 7.09. The smallest absolute Gasteiger partial charge is 0.270 e. The number of nitrogens with two attached hydrogens (primary N) is 1. The second kappa shape index (κ2) is 10.6. The lowest BCUT2D eigenvalue weighted by Crippen LogP contribution is -2.30. The zero-order valence-electron chi connectivity index (χ0n) is 13.2. The molecular formula is C14H23Cl2N5OS. The van der Waals surface area contributed by atoms with E-state index in [0.29, 0.717) is 31.1 Å². The number of thiazole rings is 1. The van der Waals surface area contributed by atoms with Crippen LogP contribution in [-0.2, 0) is 13.0 Å². The Morgan fingerprint density at radius 1 is 1.48 bits per heavy atom. The minimum atomic E-state index is -0.122. The van der Waals surface area contributed by atoms with Gasteiger partial charge in [-0.25, -0.2) is 9.97 Å². The molecular weight excluding hydrogens is 357 g/mol. The number of halogens is 2. The van der Waals surface area contributed by atoms with Crippen molar-refractivity contribution in [2.45, 2.75) is 26.8 Å². The third kappa shape index (κ3) is 6.47. The molecule has 2 rings (SSSR count). The molecule has 0 aliphatic rings. The summed E-state index contributed by atoms with van der Waals surface area (Å²) < 4.78 is 2.08. The van der Waals surface area contributed by atoms with Gasteiger partial charge in [-0.3, -0.25) is 4.79 Å². The number of carbonyl (C=O) groups is 1. The normalized spacial score (nSPS) is 11.3. The van der Waals surface area contributed by atoms with E-state index in [0.717, 1.165) is 17.4 Å².